The van der Waals surface area contributed by atoms with Crippen molar-refractivity contribution in [3.63, 3.8) is 0 Å². The lowest BCUT2D eigenvalue weighted by atomic mass is 10.1. The minimum Gasteiger partial charge on any atom is -0.367 e. The van der Waals surface area contributed by atoms with E-state index in [-0.39, 0.29) is 23.8 Å². The zero-order valence-corrected chi connectivity index (χ0v) is 12.8. The van der Waals surface area contributed by atoms with Crippen LogP contribution in [0.3, 0.4) is 0 Å². The molecule has 23 heavy (non-hydrogen) atoms. The van der Waals surface area contributed by atoms with Crippen molar-refractivity contribution in [2.45, 2.75) is 19.1 Å². The van der Waals surface area contributed by atoms with Crippen LogP contribution in [-0.2, 0) is 11.8 Å². The Morgan fingerprint density at radius 2 is 2.04 bits per heavy atom. The van der Waals surface area contributed by atoms with E-state index < -0.39 is 4.92 Å². The predicted molar refractivity (Wildman–Crippen MR) is 81.8 cm³/mol. The summed E-state index contributed by atoms with van der Waals surface area (Å²) in [6.45, 7) is 2.87. The summed E-state index contributed by atoms with van der Waals surface area (Å²) in [4.78, 5) is 16.4. The van der Waals surface area contributed by atoms with Crippen LogP contribution in [0.5, 0.6) is 0 Å². The lowest BCUT2D eigenvalue weighted by Crippen LogP contribution is -2.43. The van der Waals surface area contributed by atoms with Gasteiger partial charge in [0.05, 0.1) is 12.6 Å². The van der Waals surface area contributed by atoms with Gasteiger partial charge < -0.3 is 19.8 Å². The van der Waals surface area contributed by atoms with Crippen molar-refractivity contribution in [2.75, 3.05) is 18.0 Å². The van der Waals surface area contributed by atoms with Gasteiger partial charge in [-0.2, -0.15) is 0 Å². The number of halogens is 1. The van der Waals surface area contributed by atoms with Crippen LogP contribution in [0.2, 0.25) is 0 Å². The number of anilines is 1. The smallest absolute Gasteiger partial charge is 0.367 e. The highest BCUT2D eigenvalue weighted by Gasteiger charge is 2.33. The van der Waals surface area contributed by atoms with Crippen LogP contribution in [-0.4, -0.2) is 33.7 Å². The van der Waals surface area contributed by atoms with Crippen LogP contribution >= 0.6 is 0 Å². The second-order valence-corrected chi connectivity index (χ2v) is 5.65. The number of nitrogens with zero attached hydrogens (tertiary/aromatic N) is 4. The SMILES string of the molecule is CC1CN(c2c([N+](=O)[O-])ncn2C)CC(c2ccc(F)cc2)O1. The number of hydrogen-bond acceptors (Lipinski definition) is 5. The first-order chi connectivity index (χ1) is 11.0. The normalized spacial score (nSPS) is 21.4. The van der Waals surface area contributed by atoms with Crippen molar-refractivity contribution in [1.82, 2.24) is 9.55 Å². The van der Waals surface area contributed by atoms with E-state index in [0.29, 0.717) is 18.9 Å². The van der Waals surface area contributed by atoms with Crippen molar-refractivity contribution in [1.29, 1.82) is 0 Å². The first-order valence-corrected chi connectivity index (χ1v) is 7.27. The molecule has 0 spiro atoms. The quantitative estimate of drug-likeness (QED) is 0.641. The van der Waals surface area contributed by atoms with Gasteiger partial charge in [-0.1, -0.05) is 12.1 Å². The zero-order valence-electron chi connectivity index (χ0n) is 12.8. The van der Waals surface area contributed by atoms with E-state index in [1.54, 1.807) is 23.7 Å². The van der Waals surface area contributed by atoms with Crippen molar-refractivity contribution in [3.8, 4) is 0 Å². The Kier molecular flexibility index (Phi) is 3.99. The Morgan fingerprint density at radius 3 is 2.70 bits per heavy atom. The van der Waals surface area contributed by atoms with Crippen LogP contribution in [0.25, 0.3) is 0 Å². The fraction of sp³-hybridized carbons (Fsp3) is 0.400. The van der Waals surface area contributed by atoms with Gasteiger partial charge in [-0.3, -0.25) is 4.57 Å². The molecule has 2 atom stereocenters. The van der Waals surface area contributed by atoms with Crippen LogP contribution in [0.15, 0.2) is 30.6 Å². The molecule has 2 unspecified atom stereocenters. The maximum absolute atomic E-state index is 13.1. The van der Waals surface area contributed by atoms with E-state index in [2.05, 4.69) is 4.98 Å². The number of hydrogen-bond donors (Lipinski definition) is 0. The molecule has 7 nitrogen and oxygen atoms in total. The molecule has 0 bridgehead atoms. The van der Waals surface area contributed by atoms with Gasteiger partial charge in [0.2, 0.25) is 12.1 Å². The maximum Gasteiger partial charge on any atom is 0.406 e. The lowest BCUT2D eigenvalue weighted by molar-refractivity contribution is -0.388. The average Bonchev–Trinajstić information content (AvgIpc) is 2.89. The first-order valence-electron chi connectivity index (χ1n) is 7.27. The average molecular weight is 320 g/mol. The molecule has 0 saturated carbocycles. The van der Waals surface area contributed by atoms with E-state index in [1.165, 1.54) is 18.5 Å². The Morgan fingerprint density at radius 1 is 1.35 bits per heavy atom. The van der Waals surface area contributed by atoms with Crippen molar-refractivity contribution < 1.29 is 14.1 Å². The largest absolute Gasteiger partial charge is 0.406 e. The Bertz CT molecular complexity index is 716. The Hall–Kier alpha value is -2.48. The number of benzene rings is 1. The molecule has 122 valence electrons. The van der Waals surface area contributed by atoms with Crippen molar-refractivity contribution >= 4 is 11.6 Å². The van der Waals surface area contributed by atoms with Crippen LogP contribution in [0.4, 0.5) is 16.0 Å². The summed E-state index contributed by atoms with van der Waals surface area (Å²) < 4.78 is 20.6. The molecular weight excluding hydrogens is 303 g/mol. The standard InChI is InChI=1S/C15H17FN4O3/c1-10-7-19(15-14(20(21)22)17-9-18(15)2)8-13(23-10)11-3-5-12(16)6-4-11/h3-6,9-10,13H,7-8H2,1-2H3. The Labute approximate surface area is 132 Å². The third-order valence-corrected chi connectivity index (χ3v) is 3.86. The minimum absolute atomic E-state index is 0.117. The molecule has 1 aliphatic heterocycles. The lowest BCUT2D eigenvalue weighted by Gasteiger charge is -2.37. The molecule has 8 heteroatoms. The summed E-state index contributed by atoms with van der Waals surface area (Å²) in [5.74, 6) is -0.0199. The first kappa shape index (κ1) is 15.4. The molecule has 1 saturated heterocycles. The van der Waals surface area contributed by atoms with Gasteiger partial charge in [0.25, 0.3) is 0 Å². The van der Waals surface area contributed by atoms with Gasteiger partial charge in [0.15, 0.2) is 0 Å². The highest BCUT2D eigenvalue weighted by atomic mass is 19.1. The van der Waals surface area contributed by atoms with Gasteiger partial charge in [-0.25, -0.2) is 4.39 Å². The molecule has 1 aliphatic rings. The summed E-state index contributed by atoms with van der Waals surface area (Å²) in [5.41, 5.74) is 0.841. The molecule has 0 aliphatic carbocycles. The molecule has 0 N–H and O–H groups in total. The van der Waals surface area contributed by atoms with E-state index in [9.17, 15) is 14.5 Å². The van der Waals surface area contributed by atoms with Gasteiger partial charge in [-0.15, -0.1) is 0 Å². The third kappa shape index (κ3) is 3.02. The number of nitro groups is 1. The molecule has 0 radical (unpaired) electrons. The fourth-order valence-electron chi connectivity index (χ4n) is 2.89. The second-order valence-electron chi connectivity index (χ2n) is 5.65. The van der Waals surface area contributed by atoms with E-state index >= 15 is 0 Å². The fourth-order valence-corrected chi connectivity index (χ4v) is 2.89. The number of aryl methyl sites for hydroxylation is 1. The maximum atomic E-state index is 13.1. The zero-order chi connectivity index (χ0) is 16.6. The van der Waals surface area contributed by atoms with Crippen molar-refractivity contribution in [3.05, 3.63) is 52.1 Å². The number of aromatic nitrogens is 2. The highest BCUT2D eigenvalue weighted by Crippen LogP contribution is 2.32. The topological polar surface area (TPSA) is 73.4 Å². The molecule has 1 aromatic heterocycles. The molecule has 0 amide bonds. The van der Waals surface area contributed by atoms with Crippen LogP contribution in [0, 0.1) is 15.9 Å². The number of imidazole rings is 1. The molecule has 1 aromatic carbocycles. The predicted octanol–water partition coefficient (Wildman–Crippen LogP) is 2.43. The second kappa shape index (κ2) is 5.96. The number of morpholine rings is 1. The summed E-state index contributed by atoms with van der Waals surface area (Å²) in [7, 11) is 1.72. The summed E-state index contributed by atoms with van der Waals surface area (Å²) >= 11 is 0. The van der Waals surface area contributed by atoms with Gasteiger partial charge in [-0.05, 0) is 34.5 Å². The molecule has 3 rings (SSSR count). The van der Waals surface area contributed by atoms with Crippen LogP contribution < -0.4 is 4.90 Å². The summed E-state index contributed by atoms with van der Waals surface area (Å²) in [6.07, 6.45) is 1.03. The summed E-state index contributed by atoms with van der Waals surface area (Å²) in [6, 6.07) is 6.12. The molecule has 1 fully saturated rings. The van der Waals surface area contributed by atoms with E-state index in [0.717, 1.165) is 5.56 Å². The molecule has 2 aromatic rings. The number of ether oxygens (including phenoxy) is 1. The third-order valence-electron chi connectivity index (χ3n) is 3.86. The van der Waals surface area contributed by atoms with Gasteiger partial charge in [0.1, 0.15) is 11.9 Å². The van der Waals surface area contributed by atoms with Gasteiger partial charge in [0, 0.05) is 13.6 Å². The highest BCUT2D eigenvalue weighted by molar-refractivity contribution is 5.55. The van der Waals surface area contributed by atoms with Gasteiger partial charge >= 0.3 is 5.82 Å². The summed E-state index contributed by atoms with van der Waals surface area (Å²) in [5, 5.41) is 11.2. The van der Waals surface area contributed by atoms with Crippen molar-refractivity contribution in [2.24, 2.45) is 7.05 Å². The monoisotopic (exact) mass is 320 g/mol. The molecule has 2 heterocycles. The number of rotatable bonds is 3. The van der Waals surface area contributed by atoms with E-state index in [4.69, 9.17) is 4.74 Å². The van der Waals surface area contributed by atoms with Crippen LogP contribution in [0.1, 0.15) is 18.6 Å². The van der Waals surface area contributed by atoms with E-state index in [1.807, 2.05) is 11.8 Å². The Balaban J connectivity index is 1.91. The molecular formula is C15H17FN4O3. The minimum atomic E-state index is -0.484.